The SMILES string of the molecule is C.C.C.C.C.C.C.C.C.C.C=C[Si](C)(Cl)Cl.C=[SiH]Cl.C[SiH](Cl)Cl.C[SiH](Cl)Cl.Cl.[Br-].[Cl-].[Mg+2].[Pt]. The molecule has 0 atom stereocenters. The summed E-state index contributed by atoms with van der Waals surface area (Å²) in [5.41, 5.74) is 1.61. The van der Waals surface area contributed by atoms with Crippen molar-refractivity contribution in [1.82, 2.24) is 0 Å². The average molecular weight is 981 g/mol. The molecule has 0 rings (SSSR count). The minimum atomic E-state index is -1.92. The van der Waals surface area contributed by atoms with E-state index >= 15 is 0 Å². The van der Waals surface area contributed by atoms with Crippen molar-refractivity contribution in [2.24, 2.45) is 0 Å². The first-order chi connectivity index (χ1) is 7.44. The predicted molar refractivity (Wildman–Crippen MR) is 183 cm³/mol. The zero-order valence-electron chi connectivity index (χ0n) is 12.1. The molecule has 16 heteroatoms. The molecule has 32 heavy (non-hydrogen) atoms. The minimum Gasteiger partial charge on any atom is -1.00 e. The molecule has 0 N–H and O–H groups in total. The predicted octanol–water partition coefficient (Wildman–Crippen LogP) is 5.31. The van der Waals surface area contributed by atoms with Crippen LogP contribution in [0.5, 0.6) is 0 Å². The maximum Gasteiger partial charge on any atom is 2.00 e. The number of hydrogen-bond acceptors (Lipinski definition) is 0. The molecule has 0 radical (unpaired) electrons. The molecule has 0 nitrogen and oxygen atoms in total. The van der Waals surface area contributed by atoms with Crippen molar-refractivity contribution in [2.45, 2.75) is 93.9 Å². The molecular weight excluding hydrogens is 923 g/mol. The normalized spacial score (nSPS) is 4.75. The van der Waals surface area contributed by atoms with Crippen LogP contribution in [0.25, 0.3) is 0 Å². The molecule has 0 aliphatic rings. The third-order valence-corrected chi connectivity index (χ3v) is 2.00. The van der Waals surface area contributed by atoms with Gasteiger partial charge >= 0.3 is 23.1 Å². The second-order valence-electron chi connectivity index (χ2n) is 2.35. The molecule has 0 heterocycles. The van der Waals surface area contributed by atoms with Crippen LogP contribution < -0.4 is 29.4 Å². The summed E-state index contributed by atoms with van der Waals surface area (Å²) in [5, 5.41) is 0. The molecule has 0 bridgehead atoms. The summed E-state index contributed by atoms with van der Waals surface area (Å²) in [7, 11) is -2.42. The molecule has 0 spiro atoms. The van der Waals surface area contributed by atoms with Crippen molar-refractivity contribution in [3.05, 3.63) is 12.3 Å². The summed E-state index contributed by atoms with van der Waals surface area (Å²) in [6, 6.07) is 0. The number of halogens is 10. The van der Waals surface area contributed by atoms with Crippen molar-refractivity contribution in [2.75, 3.05) is 0 Å². The third kappa shape index (κ3) is 630. The van der Waals surface area contributed by atoms with E-state index in [9.17, 15) is 0 Å². The zero-order valence-corrected chi connectivity index (χ0v) is 28.7. The fraction of sp³-hybridized carbons (Fsp3) is 0.812. The Morgan fingerprint density at radius 1 is 0.750 bits per heavy atom. The summed E-state index contributed by atoms with van der Waals surface area (Å²) < 4.78 is 0. The van der Waals surface area contributed by atoms with Gasteiger partial charge in [-0.25, -0.2) is 0 Å². The molecule has 0 saturated heterocycles. The molecule has 0 saturated carbocycles. The molecule has 0 fully saturated rings. The van der Waals surface area contributed by atoms with Gasteiger partial charge in [0.1, 0.15) is 8.44 Å². The van der Waals surface area contributed by atoms with Crippen LogP contribution in [0.1, 0.15) is 74.3 Å². The molecular formula is C16H58BrCl9MgPtSi4. The van der Waals surface area contributed by atoms with Crippen molar-refractivity contribution in [3.8, 4) is 0 Å². The Balaban J connectivity index is -0.00000000364. The fourth-order valence-electron chi connectivity index (χ4n) is 0. The molecule has 0 aromatic carbocycles. The largest absolute Gasteiger partial charge is 2.00 e. The standard InChI is InChI=1S/C3H6Cl2Si.2CH4Cl2Si.CH3ClSi.10CH4.BrH.2ClH.Mg.Pt/c1-3-6(2,4)5;2*1-4(2)3;1-3-2;;;;;;;;;;;;;;;/h3H,1H2,2H3;2*4H,1H3;3H,1H2;10*1H4;3*1H;;/q;;;;;;;;;;;;;;;;;+2;/p-2. The van der Waals surface area contributed by atoms with E-state index < -0.39 is 21.5 Å². The van der Waals surface area contributed by atoms with Gasteiger partial charge in [0.15, 0.2) is 0 Å². The van der Waals surface area contributed by atoms with E-state index in [2.05, 4.69) is 12.8 Å². The second-order valence-corrected chi connectivity index (χ2v) is 22.5. The first kappa shape index (κ1) is 148. The van der Waals surface area contributed by atoms with E-state index in [1.54, 1.807) is 12.2 Å². The molecule has 0 aliphatic heterocycles. The van der Waals surface area contributed by atoms with Crippen LogP contribution in [0.15, 0.2) is 12.3 Å². The summed E-state index contributed by atoms with van der Waals surface area (Å²) in [4.78, 5) is 0. The van der Waals surface area contributed by atoms with Crippen LogP contribution in [0.2, 0.25) is 19.6 Å². The van der Waals surface area contributed by atoms with Gasteiger partial charge in [-0.1, -0.05) is 80.0 Å². The van der Waals surface area contributed by atoms with E-state index in [0.29, 0.717) is 0 Å². The second kappa shape index (κ2) is 122. The van der Waals surface area contributed by atoms with E-state index in [0.717, 1.165) is 0 Å². The third-order valence-electron chi connectivity index (χ3n) is 0.358. The average Bonchev–Trinajstić information content (AvgIpc) is 2.02. The summed E-state index contributed by atoms with van der Waals surface area (Å²) >= 11 is 36.7. The van der Waals surface area contributed by atoms with Crippen molar-refractivity contribution in [1.29, 1.82) is 0 Å². The summed E-state index contributed by atoms with van der Waals surface area (Å²) in [5.74, 6) is 0. The maximum absolute atomic E-state index is 5.50. The number of hydrogen-bond donors (Lipinski definition) is 0. The van der Waals surface area contributed by atoms with Crippen molar-refractivity contribution >= 4 is 149 Å². The van der Waals surface area contributed by atoms with Crippen LogP contribution >= 0.6 is 90.0 Å². The first-order valence-corrected chi connectivity index (χ1v) is 20.7. The Morgan fingerprint density at radius 3 is 0.781 bits per heavy atom. The Hall–Kier alpha value is 5.02. The Morgan fingerprint density at radius 2 is 0.781 bits per heavy atom. The molecule has 0 aliphatic carbocycles. The molecule has 0 amide bonds. The van der Waals surface area contributed by atoms with Crippen LogP contribution in [-0.2, 0) is 21.1 Å². The van der Waals surface area contributed by atoms with Crippen LogP contribution in [0.4, 0.5) is 0 Å². The quantitative estimate of drug-likeness (QED) is 0.248. The van der Waals surface area contributed by atoms with Crippen LogP contribution in [-0.4, -0.2) is 59.2 Å². The van der Waals surface area contributed by atoms with E-state index in [1.165, 1.54) is 0 Å². The minimum absolute atomic E-state index is 0. The van der Waals surface area contributed by atoms with Gasteiger partial charge in [-0.05, 0) is 19.6 Å². The van der Waals surface area contributed by atoms with Crippen LogP contribution in [0.3, 0.4) is 0 Å². The van der Waals surface area contributed by atoms with Gasteiger partial charge in [0.05, 0.1) is 0 Å². The Kier molecular flexibility index (Phi) is 564. The van der Waals surface area contributed by atoms with Crippen molar-refractivity contribution in [3.63, 3.8) is 0 Å². The van der Waals surface area contributed by atoms with Gasteiger partial charge in [0, 0.05) is 21.1 Å². The van der Waals surface area contributed by atoms with Gasteiger partial charge in [-0.2, -0.15) is 44.3 Å². The smallest absolute Gasteiger partial charge is 1.00 e. The Bertz CT molecular complexity index is 181. The molecule has 0 aromatic heterocycles. The monoisotopic (exact) mass is 975 g/mol. The summed E-state index contributed by atoms with van der Waals surface area (Å²) in [6.45, 7) is 6.97. The Labute approximate surface area is 301 Å². The van der Waals surface area contributed by atoms with Gasteiger partial charge in [-0.3, -0.25) is 0 Å². The van der Waals surface area contributed by atoms with E-state index in [4.69, 9.17) is 77.6 Å². The van der Waals surface area contributed by atoms with E-state index in [1.807, 2.05) is 13.1 Å². The van der Waals surface area contributed by atoms with Gasteiger partial charge in [0.25, 0.3) is 6.69 Å². The molecule has 0 aromatic rings. The summed E-state index contributed by atoms with van der Waals surface area (Å²) in [6.07, 6.45) is 3.33. The van der Waals surface area contributed by atoms with Crippen LogP contribution in [0, 0.1) is 0 Å². The fourth-order valence-corrected chi connectivity index (χ4v) is 0. The molecule has 220 valence electrons. The zero-order chi connectivity index (χ0) is 15.1. The topological polar surface area (TPSA) is 0 Å². The van der Waals surface area contributed by atoms with E-state index in [-0.39, 0.29) is 169 Å². The van der Waals surface area contributed by atoms with Crippen molar-refractivity contribution < 1.29 is 50.5 Å². The van der Waals surface area contributed by atoms with Gasteiger partial charge in [-0.15, -0.1) is 58.4 Å². The van der Waals surface area contributed by atoms with Gasteiger partial charge < -0.3 is 29.4 Å². The molecule has 0 unspecified atom stereocenters. The van der Waals surface area contributed by atoms with Gasteiger partial charge in [0.2, 0.25) is 14.8 Å². The first-order valence-electron chi connectivity index (χ1n) is 4.23. The maximum atomic E-state index is 5.50. The number of rotatable bonds is 1.